The van der Waals surface area contributed by atoms with E-state index >= 15 is 0 Å². The number of hydrogen-bond donors (Lipinski definition) is 1. The third kappa shape index (κ3) is 4.55. The van der Waals surface area contributed by atoms with E-state index < -0.39 is 21.3 Å². The fourth-order valence-electron chi connectivity index (χ4n) is 1.76. The highest BCUT2D eigenvalue weighted by Crippen LogP contribution is 2.33. The molecule has 0 spiro atoms. The Labute approximate surface area is 145 Å². The second-order valence-electron chi connectivity index (χ2n) is 6.09. The standard InChI is InChI=1S/C15H17ClFN3O3S/c1-15(2,3)23-14-12(16)13(18-8-19-14)20-11-6-5-9(7-10(11)17)24(4,21)22/h5-8H,1-4H3,(H,18,19,20). The average molecular weight is 374 g/mol. The van der Waals surface area contributed by atoms with E-state index in [1.54, 1.807) is 0 Å². The van der Waals surface area contributed by atoms with E-state index in [9.17, 15) is 12.8 Å². The van der Waals surface area contributed by atoms with Crippen LogP contribution in [0.5, 0.6) is 5.88 Å². The summed E-state index contributed by atoms with van der Waals surface area (Å²) >= 11 is 6.19. The second-order valence-corrected chi connectivity index (χ2v) is 8.49. The SMILES string of the molecule is CC(C)(C)Oc1ncnc(Nc2ccc(S(C)(=O)=O)cc2F)c1Cl. The zero-order chi connectivity index (χ0) is 18.1. The molecule has 0 unspecified atom stereocenters. The van der Waals surface area contributed by atoms with Crippen LogP contribution in [0, 0.1) is 5.82 Å². The van der Waals surface area contributed by atoms with Gasteiger partial charge in [0.05, 0.1) is 10.6 Å². The predicted octanol–water partition coefficient (Wildman–Crippen LogP) is 3.59. The van der Waals surface area contributed by atoms with E-state index in [1.807, 2.05) is 20.8 Å². The summed E-state index contributed by atoms with van der Waals surface area (Å²) in [6.07, 6.45) is 2.24. The lowest BCUT2D eigenvalue weighted by Crippen LogP contribution is -2.24. The van der Waals surface area contributed by atoms with Crippen molar-refractivity contribution >= 4 is 32.9 Å². The molecule has 24 heavy (non-hydrogen) atoms. The molecule has 0 saturated carbocycles. The number of anilines is 2. The molecular formula is C15H17ClFN3O3S. The predicted molar refractivity (Wildman–Crippen MR) is 90.2 cm³/mol. The fraction of sp³-hybridized carbons (Fsp3) is 0.333. The van der Waals surface area contributed by atoms with Gasteiger partial charge in [0.1, 0.15) is 22.8 Å². The number of sulfone groups is 1. The summed E-state index contributed by atoms with van der Waals surface area (Å²) in [5, 5.41) is 2.81. The topological polar surface area (TPSA) is 81.2 Å². The van der Waals surface area contributed by atoms with Gasteiger partial charge in [-0.2, -0.15) is 0 Å². The normalized spacial score (nSPS) is 12.1. The first-order chi connectivity index (χ1) is 11.0. The summed E-state index contributed by atoms with van der Waals surface area (Å²) in [4.78, 5) is 7.80. The number of halogens is 2. The van der Waals surface area contributed by atoms with Crippen molar-refractivity contribution in [2.75, 3.05) is 11.6 Å². The summed E-state index contributed by atoms with van der Waals surface area (Å²) in [7, 11) is -3.49. The molecule has 0 aliphatic rings. The molecule has 1 N–H and O–H groups in total. The third-order valence-corrected chi connectivity index (χ3v) is 4.23. The lowest BCUT2D eigenvalue weighted by atomic mass is 10.2. The zero-order valence-electron chi connectivity index (χ0n) is 13.6. The van der Waals surface area contributed by atoms with Gasteiger partial charge in [-0.1, -0.05) is 11.6 Å². The number of rotatable bonds is 4. The Morgan fingerprint density at radius 2 is 1.92 bits per heavy atom. The Kier molecular flexibility index (Phi) is 5.00. The zero-order valence-corrected chi connectivity index (χ0v) is 15.2. The maximum atomic E-state index is 14.1. The molecule has 2 aromatic rings. The summed E-state index contributed by atoms with van der Waals surface area (Å²) in [5.41, 5.74) is -0.484. The average Bonchev–Trinajstić information content (AvgIpc) is 2.42. The molecule has 1 aromatic carbocycles. The molecule has 0 amide bonds. The first-order valence-electron chi connectivity index (χ1n) is 6.93. The van der Waals surface area contributed by atoms with Crippen molar-refractivity contribution in [3.63, 3.8) is 0 Å². The third-order valence-electron chi connectivity index (χ3n) is 2.78. The van der Waals surface area contributed by atoms with Crippen molar-refractivity contribution < 1.29 is 17.5 Å². The van der Waals surface area contributed by atoms with Crippen molar-refractivity contribution in [3.8, 4) is 5.88 Å². The van der Waals surface area contributed by atoms with Crippen LogP contribution in [0.2, 0.25) is 5.02 Å². The molecule has 0 radical (unpaired) electrons. The molecule has 0 bridgehead atoms. The number of aromatic nitrogens is 2. The van der Waals surface area contributed by atoms with Gasteiger partial charge in [0.15, 0.2) is 15.7 Å². The molecule has 0 atom stereocenters. The molecule has 1 aromatic heterocycles. The summed E-state index contributed by atoms with van der Waals surface area (Å²) in [6.45, 7) is 5.51. The van der Waals surface area contributed by atoms with Gasteiger partial charge in [-0.25, -0.2) is 22.8 Å². The summed E-state index contributed by atoms with van der Waals surface area (Å²) in [5.74, 6) is -0.433. The monoisotopic (exact) mass is 373 g/mol. The minimum atomic E-state index is -3.49. The molecule has 6 nitrogen and oxygen atoms in total. The molecule has 2 rings (SSSR count). The Morgan fingerprint density at radius 3 is 2.46 bits per heavy atom. The van der Waals surface area contributed by atoms with Crippen LogP contribution < -0.4 is 10.1 Å². The molecule has 130 valence electrons. The minimum Gasteiger partial charge on any atom is -0.471 e. The summed E-state index contributed by atoms with van der Waals surface area (Å²) < 4.78 is 42.6. The Hall–Kier alpha value is -1.93. The van der Waals surface area contributed by atoms with Gasteiger partial charge in [0.25, 0.3) is 0 Å². The van der Waals surface area contributed by atoms with Gasteiger partial charge >= 0.3 is 0 Å². The quantitative estimate of drug-likeness (QED) is 0.881. The first kappa shape index (κ1) is 18.4. The van der Waals surface area contributed by atoms with Crippen molar-refractivity contribution in [2.24, 2.45) is 0 Å². The highest BCUT2D eigenvalue weighted by Gasteiger charge is 2.19. The van der Waals surface area contributed by atoms with Crippen molar-refractivity contribution in [2.45, 2.75) is 31.3 Å². The summed E-state index contributed by atoms with van der Waals surface area (Å²) in [6, 6.07) is 3.52. The van der Waals surface area contributed by atoms with E-state index in [2.05, 4.69) is 15.3 Å². The minimum absolute atomic E-state index is 0.0321. The van der Waals surface area contributed by atoms with Gasteiger partial charge in [0.2, 0.25) is 5.88 Å². The van der Waals surface area contributed by atoms with Crippen molar-refractivity contribution in [1.82, 2.24) is 9.97 Å². The lowest BCUT2D eigenvalue weighted by molar-refractivity contribution is 0.124. The van der Waals surface area contributed by atoms with Crippen LogP contribution in [0.15, 0.2) is 29.4 Å². The largest absolute Gasteiger partial charge is 0.471 e. The van der Waals surface area contributed by atoms with Crippen LogP contribution in [0.1, 0.15) is 20.8 Å². The molecule has 9 heteroatoms. The first-order valence-corrected chi connectivity index (χ1v) is 9.20. The highest BCUT2D eigenvalue weighted by molar-refractivity contribution is 7.90. The van der Waals surface area contributed by atoms with Gasteiger partial charge in [-0.05, 0) is 39.0 Å². The van der Waals surface area contributed by atoms with Gasteiger partial charge in [0, 0.05) is 6.26 Å². The van der Waals surface area contributed by atoms with Crippen molar-refractivity contribution in [1.29, 1.82) is 0 Å². The van der Waals surface area contributed by atoms with Crippen LogP contribution in [0.25, 0.3) is 0 Å². The molecule has 0 aliphatic carbocycles. The molecule has 0 aliphatic heterocycles. The molecule has 1 heterocycles. The van der Waals surface area contributed by atoms with Crippen LogP contribution >= 0.6 is 11.6 Å². The Bertz CT molecular complexity index is 867. The Morgan fingerprint density at radius 1 is 1.25 bits per heavy atom. The molecule has 0 fully saturated rings. The van der Waals surface area contributed by atoms with E-state index in [-0.39, 0.29) is 27.3 Å². The van der Waals surface area contributed by atoms with E-state index in [0.29, 0.717) is 0 Å². The van der Waals surface area contributed by atoms with Crippen molar-refractivity contribution in [3.05, 3.63) is 35.4 Å². The van der Waals surface area contributed by atoms with Crippen LogP contribution in [0.3, 0.4) is 0 Å². The number of hydrogen-bond acceptors (Lipinski definition) is 6. The van der Waals surface area contributed by atoms with Crippen LogP contribution in [-0.4, -0.2) is 30.2 Å². The maximum absolute atomic E-state index is 14.1. The van der Waals surface area contributed by atoms with E-state index in [0.717, 1.165) is 12.3 Å². The fourth-order valence-corrected chi connectivity index (χ4v) is 2.57. The number of nitrogens with zero attached hydrogens (tertiary/aromatic N) is 2. The number of benzene rings is 1. The number of ether oxygens (including phenoxy) is 1. The van der Waals surface area contributed by atoms with Gasteiger partial charge in [-0.15, -0.1) is 0 Å². The lowest BCUT2D eigenvalue weighted by Gasteiger charge is -2.21. The molecule has 0 saturated heterocycles. The highest BCUT2D eigenvalue weighted by atomic mass is 35.5. The molecular weight excluding hydrogens is 357 g/mol. The van der Waals surface area contributed by atoms with E-state index in [1.165, 1.54) is 18.5 Å². The Balaban J connectivity index is 2.34. The smallest absolute Gasteiger partial charge is 0.238 e. The maximum Gasteiger partial charge on any atom is 0.238 e. The number of nitrogens with one attached hydrogen (secondary N) is 1. The van der Waals surface area contributed by atoms with E-state index in [4.69, 9.17) is 16.3 Å². The van der Waals surface area contributed by atoms with Gasteiger partial charge < -0.3 is 10.1 Å². The second kappa shape index (κ2) is 6.52. The van der Waals surface area contributed by atoms with Crippen LogP contribution in [-0.2, 0) is 9.84 Å². The van der Waals surface area contributed by atoms with Crippen LogP contribution in [0.4, 0.5) is 15.9 Å². The van der Waals surface area contributed by atoms with Gasteiger partial charge in [-0.3, -0.25) is 0 Å².